The van der Waals surface area contributed by atoms with Crippen molar-refractivity contribution in [3.8, 4) is 6.07 Å². The lowest BCUT2D eigenvalue weighted by Gasteiger charge is -2.31. The third-order valence-corrected chi connectivity index (χ3v) is 4.11. The predicted molar refractivity (Wildman–Crippen MR) is 78.9 cm³/mol. The van der Waals surface area contributed by atoms with Crippen LogP contribution >= 0.6 is 0 Å². The van der Waals surface area contributed by atoms with Crippen LogP contribution in [0, 0.1) is 11.3 Å². The van der Waals surface area contributed by atoms with Crippen LogP contribution in [0.3, 0.4) is 0 Å². The van der Waals surface area contributed by atoms with Gasteiger partial charge in [-0.15, -0.1) is 0 Å². The average molecular weight is 275 g/mol. The maximum absolute atomic E-state index is 9.45. The Labute approximate surface area is 121 Å². The van der Waals surface area contributed by atoms with Gasteiger partial charge < -0.3 is 4.57 Å². The van der Waals surface area contributed by atoms with Gasteiger partial charge in [0.1, 0.15) is 11.4 Å². The Morgan fingerprint density at radius 1 is 1.65 bits per heavy atom. The first kappa shape index (κ1) is 15.0. The van der Waals surface area contributed by atoms with Crippen molar-refractivity contribution in [1.29, 1.82) is 5.26 Å². The molecular formula is C15H25N5. The lowest BCUT2D eigenvalue weighted by molar-refractivity contribution is 0.200. The van der Waals surface area contributed by atoms with E-state index in [0.29, 0.717) is 12.1 Å². The molecule has 1 aliphatic rings. The molecule has 0 spiro atoms. The van der Waals surface area contributed by atoms with Gasteiger partial charge in [-0.2, -0.15) is 5.26 Å². The maximum atomic E-state index is 9.45. The summed E-state index contributed by atoms with van der Waals surface area (Å²) in [6, 6.07) is 3.32. The normalized spacial score (nSPS) is 19.6. The molecule has 0 aliphatic heterocycles. The summed E-state index contributed by atoms with van der Waals surface area (Å²) in [5.74, 6) is 1.05. The zero-order chi connectivity index (χ0) is 14.8. The summed E-state index contributed by atoms with van der Waals surface area (Å²) >= 11 is 0. The monoisotopic (exact) mass is 275 g/mol. The molecule has 5 heteroatoms. The van der Waals surface area contributed by atoms with Crippen LogP contribution in [0.15, 0.2) is 12.4 Å². The molecule has 20 heavy (non-hydrogen) atoms. The standard InChI is InChI=1S/C15H25N5/c1-12(9-15(2,11-16)18-13-5-6-13)20(4)10-14-17-7-8-19(14)3/h7-8,12-13,18H,5-6,9-10H2,1-4H3. The molecule has 0 bridgehead atoms. The van der Waals surface area contributed by atoms with Crippen LogP contribution < -0.4 is 5.32 Å². The van der Waals surface area contributed by atoms with Gasteiger partial charge in [-0.3, -0.25) is 10.2 Å². The maximum Gasteiger partial charge on any atom is 0.122 e. The highest BCUT2D eigenvalue weighted by Gasteiger charge is 2.34. The van der Waals surface area contributed by atoms with Crippen molar-refractivity contribution in [2.75, 3.05) is 7.05 Å². The van der Waals surface area contributed by atoms with Gasteiger partial charge in [-0.1, -0.05) is 0 Å². The van der Waals surface area contributed by atoms with Crippen molar-refractivity contribution in [2.24, 2.45) is 7.05 Å². The van der Waals surface area contributed by atoms with Gasteiger partial charge in [0.25, 0.3) is 0 Å². The van der Waals surface area contributed by atoms with Crippen LogP contribution in [-0.2, 0) is 13.6 Å². The summed E-state index contributed by atoms with van der Waals surface area (Å²) in [7, 11) is 4.10. The number of hydrogen-bond donors (Lipinski definition) is 1. The van der Waals surface area contributed by atoms with Gasteiger partial charge >= 0.3 is 0 Å². The number of imidazole rings is 1. The summed E-state index contributed by atoms with van der Waals surface area (Å²) in [6.07, 6.45) is 7.01. The Hall–Kier alpha value is -1.38. The second kappa shape index (κ2) is 5.94. The van der Waals surface area contributed by atoms with Crippen molar-refractivity contribution < 1.29 is 0 Å². The van der Waals surface area contributed by atoms with E-state index in [1.54, 1.807) is 0 Å². The number of nitriles is 1. The van der Waals surface area contributed by atoms with E-state index in [1.807, 2.05) is 30.9 Å². The molecule has 1 aromatic heterocycles. The topological polar surface area (TPSA) is 56.9 Å². The minimum Gasteiger partial charge on any atom is -0.337 e. The summed E-state index contributed by atoms with van der Waals surface area (Å²) < 4.78 is 2.04. The van der Waals surface area contributed by atoms with E-state index in [9.17, 15) is 5.26 Å². The fourth-order valence-corrected chi connectivity index (χ4v) is 2.49. The Balaban J connectivity index is 1.90. The molecule has 1 N–H and O–H groups in total. The van der Waals surface area contributed by atoms with Crippen molar-refractivity contribution in [3.63, 3.8) is 0 Å². The lowest BCUT2D eigenvalue weighted by atomic mass is 9.94. The highest BCUT2D eigenvalue weighted by Crippen LogP contribution is 2.25. The molecule has 2 atom stereocenters. The number of aromatic nitrogens is 2. The van der Waals surface area contributed by atoms with Crippen molar-refractivity contribution in [3.05, 3.63) is 18.2 Å². The molecule has 5 nitrogen and oxygen atoms in total. The first-order valence-electron chi connectivity index (χ1n) is 7.29. The summed E-state index contributed by atoms with van der Waals surface area (Å²) in [4.78, 5) is 6.61. The molecule has 0 amide bonds. The molecule has 0 aromatic carbocycles. The molecule has 1 heterocycles. The first-order chi connectivity index (χ1) is 9.43. The van der Waals surface area contributed by atoms with Gasteiger partial charge in [-0.05, 0) is 40.2 Å². The van der Waals surface area contributed by atoms with E-state index in [-0.39, 0.29) is 0 Å². The molecule has 1 fully saturated rings. The Bertz CT molecular complexity index is 485. The zero-order valence-corrected chi connectivity index (χ0v) is 12.9. The molecule has 2 unspecified atom stereocenters. The highest BCUT2D eigenvalue weighted by molar-refractivity contribution is 5.08. The summed E-state index contributed by atoms with van der Waals surface area (Å²) in [5, 5.41) is 12.9. The Morgan fingerprint density at radius 3 is 2.85 bits per heavy atom. The van der Waals surface area contributed by atoms with Crippen LogP contribution in [0.4, 0.5) is 0 Å². The summed E-state index contributed by atoms with van der Waals surface area (Å²) in [6.45, 7) is 4.99. The van der Waals surface area contributed by atoms with Gasteiger partial charge in [0.05, 0.1) is 12.6 Å². The molecule has 2 rings (SSSR count). The molecule has 1 aliphatic carbocycles. The minimum absolute atomic E-state index is 0.322. The predicted octanol–water partition coefficient (Wildman–Crippen LogP) is 1.66. The lowest BCUT2D eigenvalue weighted by Crippen LogP contribution is -2.47. The highest BCUT2D eigenvalue weighted by atomic mass is 15.2. The molecule has 110 valence electrons. The third-order valence-electron chi connectivity index (χ3n) is 4.11. The smallest absolute Gasteiger partial charge is 0.122 e. The molecule has 1 saturated carbocycles. The molecule has 0 saturated heterocycles. The van der Waals surface area contributed by atoms with E-state index in [0.717, 1.165) is 18.8 Å². The number of nitrogens with zero attached hydrogens (tertiary/aromatic N) is 4. The van der Waals surface area contributed by atoms with Crippen molar-refractivity contribution in [1.82, 2.24) is 19.8 Å². The van der Waals surface area contributed by atoms with Crippen molar-refractivity contribution in [2.45, 2.75) is 57.3 Å². The molecule has 0 radical (unpaired) electrons. The van der Waals surface area contributed by atoms with E-state index < -0.39 is 5.54 Å². The van der Waals surface area contributed by atoms with Crippen LogP contribution in [0.1, 0.15) is 38.9 Å². The van der Waals surface area contributed by atoms with Crippen LogP contribution in [-0.4, -0.2) is 39.1 Å². The number of hydrogen-bond acceptors (Lipinski definition) is 4. The molecule has 1 aromatic rings. The van der Waals surface area contributed by atoms with E-state index in [4.69, 9.17) is 0 Å². The number of rotatable bonds is 7. The Kier molecular flexibility index (Phi) is 4.46. The fraction of sp³-hybridized carbons (Fsp3) is 0.733. The number of aryl methyl sites for hydroxylation is 1. The van der Waals surface area contributed by atoms with Crippen LogP contribution in [0.5, 0.6) is 0 Å². The second-order valence-corrected chi connectivity index (χ2v) is 6.29. The zero-order valence-electron chi connectivity index (χ0n) is 12.9. The minimum atomic E-state index is -0.434. The van der Waals surface area contributed by atoms with E-state index in [2.05, 4.69) is 35.2 Å². The average Bonchev–Trinajstić information content (AvgIpc) is 3.12. The van der Waals surface area contributed by atoms with Gasteiger partial charge in [-0.25, -0.2) is 4.98 Å². The van der Waals surface area contributed by atoms with Crippen LogP contribution in [0.25, 0.3) is 0 Å². The van der Waals surface area contributed by atoms with E-state index >= 15 is 0 Å². The summed E-state index contributed by atoms with van der Waals surface area (Å²) in [5.41, 5.74) is -0.434. The Morgan fingerprint density at radius 2 is 2.35 bits per heavy atom. The first-order valence-corrected chi connectivity index (χ1v) is 7.29. The quantitative estimate of drug-likeness (QED) is 0.822. The van der Waals surface area contributed by atoms with Crippen molar-refractivity contribution >= 4 is 0 Å². The van der Waals surface area contributed by atoms with Crippen LogP contribution in [0.2, 0.25) is 0 Å². The fourth-order valence-electron chi connectivity index (χ4n) is 2.49. The number of nitrogens with one attached hydrogen (secondary N) is 1. The second-order valence-electron chi connectivity index (χ2n) is 6.29. The largest absolute Gasteiger partial charge is 0.337 e. The van der Waals surface area contributed by atoms with Gasteiger partial charge in [0.2, 0.25) is 0 Å². The third kappa shape index (κ3) is 3.81. The van der Waals surface area contributed by atoms with E-state index in [1.165, 1.54) is 12.8 Å². The van der Waals surface area contributed by atoms with Gasteiger partial charge in [0.15, 0.2) is 0 Å². The van der Waals surface area contributed by atoms with Gasteiger partial charge in [0, 0.05) is 31.5 Å². The molecular weight excluding hydrogens is 250 g/mol. The SMILES string of the molecule is CC(CC(C)(C#N)NC1CC1)N(C)Cc1nccn1C.